The normalized spacial score (nSPS) is 11.1. The Morgan fingerprint density at radius 1 is 0.892 bits per heavy atom. The maximum atomic E-state index is 13.3. The van der Waals surface area contributed by atoms with Crippen LogP contribution in [0, 0.1) is 5.41 Å². The van der Waals surface area contributed by atoms with Crippen molar-refractivity contribution in [3.05, 3.63) is 87.1 Å². The number of carbonyl (C=O) groups excluding carboxylic acids is 2. The third-order valence-electron chi connectivity index (χ3n) is 6.01. The van der Waals surface area contributed by atoms with Gasteiger partial charge >= 0.3 is 17.8 Å². The van der Waals surface area contributed by atoms with Gasteiger partial charge in [-0.05, 0) is 44.2 Å². The van der Waals surface area contributed by atoms with Crippen molar-refractivity contribution in [2.75, 3.05) is 13.2 Å². The summed E-state index contributed by atoms with van der Waals surface area (Å²) in [5.74, 6) is -0.555. The van der Waals surface area contributed by atoms with Crippen molar-refractivity contribution >= 4 is 12.1 Å². The molecule has 9 heteroatoms. The van der Waals surface area contributed by atoms with Gasteiger partial charge in [-0.25, -0.2) is 9.59 Å². The summed E-state index contributed by atoms with van der Waals surface area (Å²) >= 11 is 0. The summed E-state index contributed by atoms with van der Waals surface area (Å²) in [6.45, 7) is 5.85. The number of esters is 1. The van der Waals surface area contributed by atoms with Gasteiger partial charge in [-0.3, -0.25) is 19.1 Å². The summed E-state index contributed by atoms with van der Waals surface area (Å²) in [6.07, 6.45) is 0.554. The van der Waals surface area contributed by atoms with Crippen LogP contribution in [0.1, 0.15) is 45.6 Å². The smallest absolute Gasteiger partial charge is 0.465 e. The zero-order valence-electron chi connectivity index (χ0n) is 21.3. The average molecular weight is 509 g/mol. The number of H-pyrrole nitrogens is 1. The van der Waals surface area contributed by atoms with Gasteiger partial charge in [0.2, 0.25) is 5.88 Å². The molecule has 2 aromatic carbocycles. The third-order valence-corrected chi connectivity index (χ3v) is 6.01. The summed E-state index contributed by atoms with van der Waals surface area (Å²) in [6, 6.07) is 17.7. The van der Waals surface area contributed by atoms with Crippen LogP contribution in [0.4, 0.5) is 4.79 Å². The number of rotatable bonds is 11. The Balaban J connectivity index is 1.68. The summed E-state index contributed by atoms with van der Waals surface area (Å²) in [4.78, 5) is 52.9. The number of carbonyl (C=O) groups is 2. The van der Waals surface area contributed by atoms with Crippen molar-refractivity contribution in [3.63, 3.8) is 0 Å². The fourth-order valence-corrected chi connectivity index (χ4v) is 3.37. The Morgan fingerprint density at radius 3 is 2.11 bits per heavy atom. The Morgan fingerprint density at radius 2 is 1.49 bits per heavy atom. The van der Waals surface area contributed by atoms with Gasteiger partial charge in [0.05, 0.1) is 25.2 Å². The highest BCUT2D eigenvalue weighted by molar-refractivity contribution is 5.75. The van der Waals surface area contributed by atoms with E-state index in [4.69, 9.17) is 14.2 Å². The fraction of sp³-hybridized carbons (Fsp3) is 0.357. The molecule has 1 heterocycles. The van der Waals surface area contributed by atoms with Gasteiger partial charge in [0.25, 0.3) is 5.56 Å². The highest BCUT2D eigenvalue weighted by Crippen LogP contribution is 2.24. The third kappa shape index (κ3) is 7.42. The molecule has 0 spiro atoms. The largest absolute Gasteiger partial charge is 0.515 e. The van der Waals surface area contributed by atoms with E-state index in [2.05, 4.69) is 4.98 Å². The number of benzene rings is 2. The number of nitrogens with one attached hydrogen (secondary N) is 1. The van der Waals surface area contributed by atoms with Crippen LogP contribution in [-0.2, 0) is 20.8 Å². The summed E-state index contributed by atoms with van der Waals surface area (Å²) < 4.78 is 16.7. The van der Waals surface area contributed by atoms with Crippen molar-refractivity contribution in [2.24, 2.45) is 5.41 Å². The van der Waals surface area contributed by atoms with Gasteiger partial charge < -0.3 is 14.2 Å². The van der Waals surface area contributed by atoms with Crippen LogP contribution in [0.2, 0.25) is 0 Å². The molecule has 0 atom stereocenters. The van der Waals surface area contributed by atoms with Crippen LogP contribution < -0.4 is 16.0 Å². The van der Waals surface area contributed by atoms with Crippen LogP contribution in [0.15, 0.2) is 70.3 Å². The van der Waals surface area contributed by atoms with E-state index in [0.29, 0.717) is 24.8 Å². The standard InChI is InChI=1S/C28H32N2O7/c1-4-28(2,3)25(32)35-17-11-12-18-36-27(34)37-23-22(21-15-9-6-10-16-21)24(31)30(26(33)29-23)19-20-13-7-5-8-14-20/h5-10,13-16H,4,11-12,17-19H2,1-3H3,(H,29,33). The molecule has 0 bridgehead atoms. The van der Waals surface area contributed by atoms with Crippen molar-refractivity contribution in [3.8, 4) is 17.0 Å². The van der Waals surface area contributed by atoms with Gasteiger partial charge in [-0.15, -0.1) is 0 Å². The van der Waals surface area contributed by atoms with Crippen LogP contribution >= 0.6 is 0 Å². The first-order valence-corrected chi connectivity index (χ1v) is 12.2. The molecule has 0 radical (unpaired) electrons. The fourth-order valence-electron chi connectivity index (χ4n) is 3.37. The van der Waals surface area contributed by atoms with Gasteiger partial charge in [0.15, 0.2) is 0 Å². The molecule has 37 heavy (non-hydrogen) atoms. The monoisotopic (exact) mass is 508 g/mol. The second kappa shape index (κ2) is 12.7. The SMILES string of the molecule is CCC(C)(C)C(=O)OCCCCOC(=O)Oc1[nH]c(=O)n(Cc2ccccc2)c(=O)c1-c1ccccc1. The molecule has 1 aromatic heterocycles. The van der Waals surface area contributed by atoms with Crippen molar-refractivity contribution in [2.45, 2.75) is 46.6 Å². The maximum Gasteiger partial charge on any atom is 0.515 e. The number of nitrogens with zero attached hydrogens (tertiary/aromatic N) is 1. The maximum absolute atomic E-state index is 13.3. The second-order valence-electron chi connectivity index (χ2n) is 9.16. The lowest BCUT2D eigenvalue weighted by molar-refractivity contribution is -0.154. The number of aromatic nitrogens is 2. The zero-order chi connectivity index (χ0) is 26.8. The lowest BCUT2D eigenvalue weighted by Crippen LogP contribution is -2.37. The van der Waals surface area contributed by atoms with Crippen LogP contribution in [0.25, 0.3) is 11.1 Å². The molecule has 0 aliphatic carbocycles. The highest BCUT2D eigenvalue weighted by Gasteiger charge is 2.26. The zero-order valence-corrected chi connectivity index (χ0v) is 21.3. The van der Waals surface area contributed by atoms with E-state index in [0.717, 1.165) is 10.1 Å². The van der Waals surface area contributed by atoms with Crippen molar-refractivity contribution in [1.29, 1.82) is 0 Å². The molecule has 0 fully saturated rings. The minimum Gasteiger partial charge on any atom is -0.465 e. The first-order valence-electron chi connectivity index (χ1n) is 12.2. The van der Waals surface area contributed by atoms with Crippen LogP contribution in [0.5, 0.6) is 5.88 Å². The van der Waals surface area contributed by atoms with Crippen molar-refractivity contribution < 1.29 is 23.8 Å². The van der Waals surface area contributed by atoms with E-state index in [1.165, 1.54) is 0 Å². The van der Waals surface area contributed by atoms with E-state index < -0.39 is 22.8 Å². The van der Waals surface area contributed by atoms with E-state index >= 15 is 0 Å². The van der Waals surface area contributed by atoms with E-state index in [-0.39, 0.29) is 37.2 Å². The van der Waals surface area contributed by atoms with Crippen LogP contribution in [0.3, 0.4) is 0 Å². The second-order valence-corrected chi connectivity index (χ2v) is 9.16. The number of aromatic amines is 1. The van der Waals surface area contributed by atoms with E-state index in [9.17, 15) is 19.2 Å². The minimum atomic E-state index is -1.06. The molecule has 1 N–H and O–H groups in total. The lowest BCUT2D eigenvalue weighted by Gasteiger charge is -2.20. The van der Waals surface area contributed by atoms with Gasteiger partial charge in [0.1, 0.15) is 5.56 Å². The molecule has 196 valence electrons. The number of ether oxygens (including phenoxy) is 3. The Bertz CT molecular complexity index is 1310. The average Bonchev–Trinajstić information content (AvgIpc) is 2.89. The molecule has 0 unspecified atom stereocenters. The molecule has 0 saturated carbocycles. The predicted octanol–water partition coefficient (Wildman–Crippen LogP) is 4.53. The summed E-state index contributed by atoms with van der Waals surface area (Å²) in [5, 5.41) is 0. The molecular weight excluding hydrogens is 476 g/mol. The molecular formula is C28H32N2O7. The summed E-state index contributed by atoms with van der Waals surface area (Å²) in [5.41, 5.74) is -0.565. The molecule has 3 rings (SSSR count). The topological polar surface area (TPSA) is 117 Å². The van der Waals surface area contributed by atoms with Gasteiger partial charge in [-0.1, -0.05) is 67.6 Å². The van der Waals surface area contributed by atoms with E-state index in [1.54, 1.807) is 30.3 Å². The number of hydrogen-bond donors (Lipinski definition) is 1. The molecule has 0 saturated heterocycles. The predicted molar refractivity (Wildman–Crippen MR) is 139 cm³/mol. The van der Waals surface area contributed by atoms with Gasteiger partial charge in [0, 0.05) is 0 Å². The summed E-state index contributed by atoms with van der Waals surface area (Å²) in [7, 11) is 0. The van der Waals surface area contributed by atoms with E-state index in [1.807, 2.05) is 51.1 Å². The lowest BCUT2D eigenvalue weighted by atomic mass is 9.91. The van der Waals surface area contributed by atoms with Crippen molar-refractivity contribution in [1.82, 2.24) is 9.55 Å². The van der Waals surface area contributed by atoms with Gasteiger partial charge in [-0.2, -0.15) is 0 Å². The Kier molecular flexibility index (Phi) is 9.43. The van der Waals surface area contributed by atoms with Crippen LogP contribution in [-0.4, -0.2) is 34.9 Å². The quantitative estimate of drug-likeness (QED) is 0.299. The first-order chi connectivity index (χ1) is 17.7. The molecule has 0 aliphatic rings. The molecule has 0 aliphatic heterocycles. The molecule has 3 aromatic rings. The molecule has 9 nitrogen and oxygen atoms in total. The number of hydrogen-bond acceptors (Lipinski definition) is 7. The number of unbranched alkanes of at least 4 members (excludes halogenated alkanes) is 1. The first kappa shape index (κ1) is 27.4. The Labute approximate surface area is 215 Å². The highest BCUT2D eigenvalue weighted by atomic mass is 16.7. The Hall–Kier alpha value is -4.14. The molecule has 0 amide bonds. The minimum absolute atomic E-state index is 0.0174.